The number of nitrogens with zero attached hydrogens (tertiary/aromatic N) is 7. The normalized spacial score (nSPS) is 17.2. The number of nitriles is 1. The Morgan fingerprint density at radius 2 is 1.98 bits per heavy atom. The minimum Gasteiger partial charge on any atom is -0.456 e. The molecular formula is C30H28ClF2N9O2S. The molecule has 2 aromatic carbocycles. The zero-order valence-electron chi connectivity index (χ0n) is 24.7. The third-order valence-electron chi connectivity index (χ3n) is 8.10. The lowest BCUT2D eigenvalue weighted by molar-refractivity contribution is 0.117. The molecular weight excluding hydrogens is 624 g/mol. The van der Waals surface area contributed by atoms with Crippen LogP contribution in [0.15, 0.2) is 30.7 Å². The van der Waals surface area contributed by atoms with Crippen molar-refractivity contribution in [2.45, 2.75) is 25.1 Å². The number of thiophene rings is 1. The number of aromatic nitrogens is 4. The van der Waals surface area contributed by atoms with E-state index in [2.05, 4.69) is 15.0 Å². The van der Waals surface area contributed by atoms with E-state index in [9.17, 15) is 9.65 Å². The number of benzene rings is 2. The number of fused-ring (bicyclic) bond motifs is 2. The second kappa shape index (κ2) is 11.8. The van der Waals surface area contributed by atoms with Crippen molar-refractivity contribution in [3.8, 4) is 23.2 Å². The molecule has 0 radical (unpaired) electrons. The van der Waals surface area contributed by atoms with Crippen molar-refractivity contribution in [1.82, 2.24) is 24.8 Å². The standard InChI is InChI=1S/C30H28ClF2N9O2S/c1-13(17-9-37-12-38-27(17)35)42(4)29-15-7-18(31)23(14-5-6-19(32)26-22(14)16(8-34)28(36)45-26)24(33)25(15)39-30(40-29)44-21-11-43-10-20(21)41(2)3/h5-7,9,12-13,20-21H,10-11,36H2,1-4H3,(H2,35,37,38)/t13-,20+,21-/m1/s1. The first-order valence-electron chi connectivity index (χ1n) is 13.8. The Morgan fingerprint density at radius 3 is 2.69 bits per heavy atom. The fourth-order valence-corrected chi connectivity index (χ4v) is 6.80. The monoisotopic (exact) mass is 651 g/mol. The van der Waals surface area contributed by atoms with E-state index in [1.807, 2.05) is 32.0 Å². The highest BCUT2D eigenvalue weighted by molar-refractivity contribution is 7.23. The number of rotatable bonds is 7. The van der Waals surface area contributed by atoms with E-state index in [0.29, 0.717) is 24.6 Å². The lowest BCUT2D eigenvalue weighted by atomic mass is 9.97. The molecule has 0 saturated carbocycles. The average Bonchev–Trinajstić information content (AvgIpc) is 3.62. The third kappa shape index (κ3) is 5.21. The van der Waals surface area contributed by atoms with Gasteiger partial charge in [0, 0.05) is 35.1 Å². The van der Waals surface area contributed by atoms with E-state index < -0.39 is 23.8 Å². The predicted molar refractivity (Wildman–Crippen MR) is 170 cm³/mol. The van der Waals surface area contributed by atoms with Crippen molar-refractivity contribution in [3.05, 3.63) is 58.5 Å². The van der Waals surface area contributed by atoms with Crippen molar-refractivity contribution >= 4 is 60.6 Å². The number of hydrogen-bond acceptors (Lipinski definition) is 12. The second-order valence-corrected chi connectivity index (χ2v) is 12.4. The van der Waals surface area contributed by atoms with Crippen molar-refractivity contribution in [3.63, 3.8) is 0 Å². The van der Waals surface area contributed by atoms with Gasteiger partial charge in [-0.25, -0.2) is 18.7 Å². The third-order valence-corrected chi connectivity index (χ3v) is 9.42. The summed E-state index contributed by atoms with van der Waals surface area (Å²) < 4.78 is 43.7. The van der Waals surface area contributed by atoms with Crippen molar-refractivity contribution in [2.75, 3.05) is 50.7 Å². The molecule has 0 unspecified atom stereocenters. The maximum absolute atomic E-state index is 16.9. The van der Waals surface area contributed by atoms with E-state index >= 15 is 4.39 Å². The lowest BCUT2D eigenvalue weighted by Crippen LogP contribution is -2.41. The van der Waals surface area contributed by atoms with Gasteiger partial charge < -0.3 is 30.7 Å². The van der Waals surface area contributed by atoms with Crippen LogP contribution in [0.3, 0.4) is 0 Å². The Labute approximate surface area is 266 Å². The molecule has 6 rings (SSSR count). The van der Waals surface area contributed by atoms with Crippen molar-refractivity contribution < 1.29 is 18.3 Å². The van der Waals surface area contributed by atoms with Gasteiger partial charge in [0.25, 0.3) is 0 Å². The van der Waals surface area contributed by atoms with E-state index in [0.717, 1.165) is 11.3 Å². The minimum absolute atomic E-state index is 0.000522. The van der Waals surface area contributed by atoms with E-state index in [1.165, 1.54) is 18.5 Å². The SMILES string of the molecule is C[C@H](c1cncnc1N)N(C)c1nc(O[C@@H]2COC[C@@H]2N(C)C)nc2c(F)c(-c3ccc(F)c4sc(N)c(C#N)c34)c(Cl)cc12. The first kappa shape index (κ1) is 30.6. The summed E-state index contributed by atoms with van der Waals surface area (Å²) in [6.07, 6.45) is 2.53. The summed E-state index contributed by atoms with van der Waals surface area (Å²) in [6.45, 7) is 2.62. The summed E-state index contributed by atoms with van der Waals surface area (Å²) in [7, 11) is 5.59. The van der Waals surface area contributed by atoms with Gasteiger partial charge in [0.2, 0.25) is 0 Å². The van der Waals surface area contributed by atoms with Gasteiger partial charge in [0.05, 0.1) is 40.6 Å². The summed E-state index contributed by atoms with van der Waals surface area (Å²) in [4.78, 5) is 21.2. The maximum Gasteiger partial charge on any atom is 0.319 e. The van der Waals surface area contributed by atoms with Gasteiger partial charge >= 0.3 is 6.01 Å². The molecule has 5 aromatic rings. The average molecular weight is 652 g/mol. The van der Waals surface area contributed by atoms with Crippen LogP contribution < -0.4 is 21.1 Å². The topological polar surface area (TPSA) is 152 Å². The molecule has 0 spiro atoms. The Hall–Kier alpha value is -4.42. The van der Waals surface area contributed by atoms with E-state index in [1.54, 1.807) is 24.2 Å². The molecule has 232 valence electrons. The molecule has 1 aliphatic heterocycles. The molecule has 4 heterocycles. The molecule has 11 nitrogen and oxygen atoms in total. The number of ether oxygens (including phenoxy) is 2. The van der Waals surface area contributed by atoms with Crippen LogP contribution in [0, 0.1) is 23.0 Å². The van der Waals surface area contributed by atoms with Crippen LogP contribution in [0.4, 0.5) is 25.4 Å². The Balaban J connectivity index is 1.59. The van der Waals surface area contributed by atoms with E-state index in [4.69, 9.17) is 37.5 Å². The minimum atomic E-state index is -0.803. The summed E-state index contributed by atoms with van der Waals surface area (Å²) in [5, 5.41) is 10.4. The van der Waals surface area contributed by atoms with Gasteiger partial charge in [-0.15, -0.1) is 11.3 Å². The number of nitrogens with two attached hydrogens (primary N) is 2. The first-order valence-corrected chi connectivity index (χ1v) is 15.0. The number of anilines is 3. The molecule has 0 bridgehead atoms. The van der Waals surface area contributed by atoms with Gasteiger partial charge in [-0.2, -0.15) is 15.2 Å². The number of nitrogen functional groups attached to an aromatic ring is 2. The highest BCUT2D eigenvalue weighted by Crippen LogP contribution is 2.46. The molecule has 0 aliphatic carbocycles. The van der Waals surface area contributed by atoms with Crippen LogP contribution in [0.2, 0.25) is 5.02 Å². The van der Waals surface area contributed by atoms with Gasteiger partial charge in [0.15, 0.2) is 5.82 Å². The molecule has 0 amide bonds. The molecule has 45 heavy (non-hydrogen) atoms. The first-order chi connectivity index (χ1) is 21.5. The largest absolute Gasteiger partial charge is 0.456 e. The zero-order chi connectivity index (χ0) is 32.2. The molecule has 1 aliphatic rings. The molecule has 4 N–H and O–H groups in total. The van der Waals surface area contributed by atoms with Crippen LogP contribution in [-0.2, 0) is 4.74 Å². The Bertz CT molecular complexity index is 2000. The fraction of sp³-hybridized carbons (Fsp3) is 0.300. The van der Waals surface area contributed by atoms with Crippen LogP contribution in [0.25, 0.3) is 32.1 Å². The van der Waals surface area contributed by atoms with Crippen LogP contribution in [0.5, 0.6) is 6.01 Å². The van der Waals surface area contributed by atoms with Gasteiger partial charge in [0.1, 0.15) is 46.5 Å². The summed E-state index contributed by atoms with van der Waals surface area (Å²) >= 11 is 7.71. The highest BCUT2D eigenvalue weighted by atomic mass is 35.5. The molecule has 1 fully saturated rings. The lowest BCUT2D eigenvalue weighted by Gasteiger charge is -2.29. The molecule has 1 saturated heterocycles. The van der Waals surface area contributed by atoms with Crippen molar-refractivity contribution in [2.24, 2.45) is 0 Å². The second-order valence-electron chi connectivity index (χ2n) is 10.9. The number of halogens is 3. The maximum atomic E-state index is 16.9. The quantitative estimate of drug-likeness (QED) is 0.240. The van der Waals surface area contributed by atoms with E-state index in [-0.39, 0.29) is 65.6 Å². The summed E-state index contributed by atoms with van der Waals surface area (Å²) in [5.41, 5.74) is 12.9. The molecule has 15 heteroatoms. The van der Waals surface area contributed by atoms with Crippen molar-refractivity contribution in [1.29, 1.82) is 5.26 Å². The van der Waals surface area contributed by atoms with Gasteiger partial charge in [-0.05, 0) is 38.7 Å². The molecule has 3 aromatic heterocycles. The predicted octanol–water partition coefficient (Wildman–Crippen LogP) is 5.17. The molecule has 3 atom stereocenters. The Morgan fingerprint density at radius 1 is 1.20 bits per heavy atom. The number of hydrogen-bond donors (Lipinski definition) is 2. The van der Waals surface area contributed by atoms with Gasteiger partial charge in [-0.1, -0.05) is 17.7 Å². The summed E-state index contributed by atoms with van der Waals surface area (Å²) in [6, 6.07) is 5.55. The Kier molecular flexibility index (Phi) is 8.04. The summed E-state index contributed by atoms with van der Waals surface area (Å²) in [5.74, 6) is -0.798. The zero-order valence-corrected chi connectivity index (χ0v) is 26.2. The van der Waals surface area contributed by atoms with Gasteiger partial charge in [-0.3, -0.25) is 0 Å². The smallest absolute Gasteiger partial charge is 0.319 e. The number of likely N-dealkylation sites (N-methyl/N-ethyl adjacent to an activating group) is 1. The fourth-order valence-electron chi connectivity index (χ4n) is 5.55. The van der Waals surface area contributed by atoms with Crippen LogP contribution >= 0.6 is 22.9 Å². The highest BCUT2D eigenvalue weighted by Gasteiger charge is 2.34. The van der Waals surface area contributed by atoms with Crippen LogP contribution in [-0.4, -0.2) is 71.3 Å². The van der Waals surface area contributed by atoms with Crippen LogP contribution in [0.1, 0.15) is 24.1 Å².